The highest BCUT2D eigenvalue weighted by Crippen LogP contribution is 2.43. The number of nitrogens with one attached hydrogen (secondary N) is 1. The van der Waals surface area contributed by atoms with Crippen molar-refractivity contribution in [2.24, 2.45) is 0 Å². The van der Waals surface area contributed by atoms with Gasteiger partial charge in [0.05, 0.1) is 30.6 Å². The van der Waals surface area contributed by atoms with Gasteiger partial charge in [-0.2, -0.15) is 0 Å². The Morgan fingerprint density at radius 1 is 1.06 bits per heavy atom. The number of thiocarbonyl (C=S) groups is 1. The lowest BCUT2D eigenvalue weighted by Gasteiger charge is -2.28. The van der Waals surface area contributed by atoms with E-state index < -0.39 is 0 Å². The standard InChI is InChI=1S/C27H28N4OS/c1-4-20-10-12-21(13-11-20)31-26(25(29-27(31)33)24-9-5-6-14-28-24)23-16-18(2)30(19(23)3)17-22-8-7-15-32-22/h5-16,25-26H,4,17H2,1-3H3,(H,29,33)/t25-,26+/m1/s1. The van der Waals surface area contributed by atoms with Gasteiger partial charge in [-0.25, -0.2) is 0 Å². The van der Waals surface area contributed by atoms with E-state index in [9.17, 15) is 0 Å². The highest BCUT2D eigenvalue weighted by molar-refractivity contribution is 7.80. The average Bonchev–Trinajstić information content (AvgIpc) is 3.54. The van der Waals surface area contributed by atoms with E-state index in [1.165, 1.54) is 22.5 Å². The molecule has 1 saturated heterocycles. The molecule has 0 aliphatic carbocycles. The Bertz CT molecular complexity index is 1250. The number of pyridine rings is 1. The molecule has 2 atom stereocenters. The summed E-state index contributed by atoms with van der Waals surface area (Å²) in [6, 6.07) is 20.9. The van der Waals surface area contributed by atoms with Crippen LogP contribution in [0.15, 0.2) is 77.5 Å². The maximum absolute atomic E-state index is 5.88. The van der Waals surface area contributed by atoms with Crippen LogP contribution in [0.1, 0.15) is 53.0 Å². The van der Waals surface area contributed by atoms with E-state index in [4.69, 9.17) is 16.6 Å². The molecule has 0 spiro atoms. The van der Waals surface area contributed by atoms with E-state index in [2.05, 4.69) is 76.9 Å². The van der Waals surface area contributed by atoms with Crippen LogP contribution in [0.2, 0.25) is 0 Å². The Balaban J connectivity index is 1.61. The van der Waals surface area contributed by atoms with Crippen molar-refractivity contribution in [3.63, 3.8) is 0 Å². The van der Waals surface area contributed by atoms with E-state index >= 15 is 0 Å². The number of anilines is 1. The van der Waals surface area contributed by atoms with Gasteiger partial charge in [-0.3, -0.25) is 4.98 Å². The fourth-order valence-corrected chi connectivity index (χ4v) is 5.12. The SMILES string of the molecule is CCc1ccc(N2C(=S)N[C@H](c3ccccn3)[C@@H]2c2cc(C)n(Cc3ccco3)c2C)cc1. The highest BCUT2D eigenvalue weighted by atomic mass is 32.1. The molecule has 4 heterocycles. The van der Waals surface area contributed by atoms with Crippen LogP contribution in [-0.4, -0.2) is 14.7 Å². The molecule has 1 N–H and O–H groups in total. The lowest BCUT2D eigenvalue weighted by Crippen LogP contribution is -2.29. The summed E-state index contributed by atoms with van der Waals surface area (Å²) in [7, 11) is 0. The summed E-state index contributed by atoms with van der Waals surface area (Å²) in [6.45, 7) is 7.20. The minimum Gasteiger partial charge on any atom is -0.467 e. The fraction of sp³-hybridized carbons (Fsp3) is 0.259. The predicted molar refractivity (Wildman–Crippen MR) is 135 cm³/mol. The Morgan fingerprint density at radius 3 is 2.55 bits per heavy atom. The number of furan rings is 1. The Labute approximate surface area is 200 Å². The zero-order chi connectivity index (χ0) is 22.9. The summed E-state index contributed by atoms with van der Waals surface area (Å²) in [5, 5.41) is 4.28. The van der Waals surface area contributed by atoms with Gasteiger partial charge in [0.2, 0.25) is 0 Å². The molecule has 5 nitrogen and oxygen atoms in total. The van der Waals surface area contributed by atoms with Gasteiger partial charge >= 0.3 is 0 Å². The summed E-state index contributed by atoms with van der Waals surface area (Å²) >= 11 is 5.88. The predicted octanol–water partition coefficient (Wildman–Crippen LogP) is 5.88. The second-order valence-electron chi connectivity index (χ2n) is 8.51. The molecule has 3 aromatic heterocycles. The van der Waals surface area contributed by atoms with Crippen molar-refractivity contribution in [2.75, 3.05) is 4.90 Å². The number of benzene rings is 1. The minimum atomic E-state index is -0.0536. The molecule has 168 valence electrons. The Hall–Kier alpha value is -3.38. The third kappa shape index (κ3) is 3.95. The molecule has 0 bridgehead atoms. The van der Waals surface area contributed by atoms with Crippen LogP contribution in [0.4, 0.5) is 5.69 Å². The summed E-state index contributed by atoms with van der Waals surface area (Å²) in [5.74, 6) is 0.941. The molecule has 0 amide bonds. The van der Waals surface area contributed by atoms with E-state index in [1.807, 2.05) is 30.5 Å². The fourth-order valence-electron chi connectivity index (χ4n) is 4.77. The number of rotatable bonds is 6. The largest absolute Gasteiger partial charge is 0.467 e. The van der Waals surface area contributed by atoms with Crippen LogP contribution in [0.25, 0.3) is 0 Å². The number of aryl methyl sites for hydroxylation is 2. The van der Waals surface area contributed by atoms with E-state index in [1.54, 1.807) is 6.26 Å². The van der Waals surface area contributed by atoms with Gasteiger partial charge in [-0.15, -0.1) is 0 Å². The van der Waals surface area contributed by atoms with Gasteiger partial charge in [0.25, 0.3) is 0 Å². The first-order valence-electron chi connectivity index (χ1n) is 11.4. The molecule has 0 radical (unpaired) electrons. The molecule has 33 heavy (non-hydrogen) atoms. The third-order valence-corrected chi connectivity index (χ3v) is 6.86. The van der Waals surface area contributed by atoms with Crippen LogP contribution >= 0.6 is 12.2 Å². The molecular formula is C27H28N4OS. The Kier molecular flexibility index (Phi) is 5.77. The molecular weight excluding hydrogens is 428 g/mol. The van der Waals surface area contributed by atoms with Gasteiger partial charge in [0.15, 0.2) is 5.11 Å². The monoisotopic (exact) mass is 456 g/mol. The van der Waals surface area contributed by atoms with Gasteiger partial charge in [0, 0.05) is 23.3 Å². The van der Waals surface area contributed by atoms with Gasteiger partial charge in [-0.05, 0) is 86.1 Å². The smallest absolute Gasteiger partial charge is 0.174 e. The summed E-state index contributed by atoms with van der Waals surface area (Å²) < 4.78 is 7.94. The maximum Gasteiger partial charge on any atom is 0.174 e. The van der Waals surface area contributed by atoms with Crippen molar-refractivity contribution in [3.8, 4) is 0 Å². The normalized spacial score (nSPS) is 18.0. The van der Waals surface area contributed by atoms with E-state index in [0.29, 0.717) is 6.54 Å². The first kappa shape index (κ1) is 21.5. The second kappa shape index (κ2) is 8.87. The maximum atomic E-state index is 5.88. The van der Waals surface area contributed by atoms with Crippen LogP contribution in [0.3, 0.4) is 0 Å². The Morgan fingerprint density at radius 2 is 1.88 bits per heavy atom. The zero-order valence-corrected chi connectivity index (χ0v) is 20.0. The number of nitrogens with zero attached hydrogens (tertiary/aromatic N) is 3. The van der Waals surface area contributed by atoms with E-state index in [0.717, 1.165) is 28.7 Å². The molecule has 5 rings (SSSR count). The van der Waals surface area contributed by atoms with Gasteiger partial charge < -0.3 is 19.2 Å². The third-order valence-electron chi connectivity index (χ3n) is 6.55. The molecule has 0 saturated carbocycles. The lowest BCUT2D eigenvalue weighted by atomic mass is 9.96. The lowest BCUT2D eigenvalue weighted by molar-refractivity contribution is 0.488. The first-order valence-corrected chi connectivity index (χ1v) is 11.8. The van der Waals surface area contributed by atoms with Gasteiger partial charge in [-0.1, -0.05) is 25.1 Å². The first-order chi connectivity index (χ1) is 16.1. The van der Waals surface area contributed by atoms with Crippen LogP contribution in [-0.2, 0) is 13.0 Å². The van der Waals surface area contributed by atoms with Crippen molar-refractivity contribution in [1.82, 2.24) is 14.9 Å². The second-order valence-corrected chi connectivity index (χ2v) is 8.90. The number of hydrogen-bond acceptors (Lipinski definition) is 3. The molecule has 0 unspecified atom stereocenters. The molecule has 6 heteroatoms. The summed E-state index contributed by atoms with van der Waals surface area (Å²) in [4.78, 5) is 6.92. The number of hydrogen-bond donors (Lipinski definition) is 1. The number of aromatic nitrogens is 2. The van der Waals surface area contributed by atoms with Crippen molar-refractivity contribution in [1.29, 1.82) is 0 Å². The van der Waals surface area contributed by atoms with Crippen LogP contribution in [0, 0.1) is 13.8 Å². The van der Waals surface area contributed by atoms with Crippen LogP contribution in [0.5, 0.6) is 0 Å². The van der Waals surface area contributed by atoms with E-state index in [-0.39, 0.29) is 12.1 Å². The molecule has 1 aromatic carbocycles. The van der Waals surface area contributed by atoms with Crippen molar-refractivity contribution < 1.29 is 4.42 Å². The highest BCUT2D eigenvalue weighted by Gasteiger charge is 2.42. The quantitative estimate of drug-likeness (QED) is 0.367. The van der Waals surface area contributed by atoms with Crippen LogP contribution < -0.4 is 10.2 Å². The average molecular weight is 457 g/mol. The molecule has 1 aliphatic heterocycles. The summed E-state index contributed by atoms with van der Waals surface area (Å²) in [6.07, 6.45) is 4.58. The van der Waals surface area contributed by atoms with Gasteiger partial charge in [0.1, 0.15) is 5.76 Å². The summed E-state index contributed by atoms with van der Waals surface area (Å²) in [5.41, 5.74) is 7.01. The zero-order valence-electron chi connectivity index (χ0n) is 19.2. The van der Waals surface area contributed by atoms with Crippen molar-refractivity contribution in [2.45, 2.75) is 45.8 Å². The minimum absolute atomic E-state index is 0.0172. The molecule has 4 aromatic rings. The topological polar surface area (TPSA) is 46.2 Å². The molecule has 1 fully saturated rings. The van der Waals surface area contributed by atoms with Crippen molar-refractivity contribution >= 4 is 23.0 Å². The molecule has 1 aliphatic rings. The van der Waals surface area contributed by atoms with Crippen molar-refractivity contribution in [3.05, 3.63) is 107 Å².